The van der Waals surface area contributed by atoms with Gasteiger partial charge in [0.15, 0.2) is 0 Å². The molecule has 0 heterocycles. The summed E-state index contributed by atoms with van der Waals surface area (Å²) in [4.78, 5) is 0. The normalized spacial score (nSPS) is 11.8. The Balaban J connectivity index is 2.51. The second kappa shape index (κ2) is 7.79. The molecule has 1 unspecified atom stereocenters. The molecule has 0 saturated carbocycles. The Kier molecular flexibility index (Phi) is 6.25. The highest BCUT2D eigenvalue weighted by molar-refractivity contribution is 5.44. The van der Waals surface area contributed by atoms with Gasteiger partial charge in [0.2, 0.25) is 0 Å². The summed E-state index contributed by atoms with van der Waals surface area (Å²) in [6, 6.07) is 7.77. The van der Waals surface area contributed by atoms with Gasteiger partial charge in [-0.05, 0) is 24.5 Å². The lowest BCUT2D eigenvalue weighted by molar-refractivity contribution is 0.233. The van der Waals surface area contributed by atoms with E-state index in [-0.39, 0.29) is 0 Å². The van der Waals surface area contributed by atoms with Gasteiger partial charge in [-0.15, -0.1) is 6.42 Å². The monoisotopic (exact) mass is 230 g/mol. The van der Waals surface area contributed by atoms with Crippen LogP contribution in [0.1, 0.15) is 45.1 Å². The predicted octanol–water partition coefficient (Wildman–Crippen LogP) is 4.26. The van der Waals surface area contributed by atoms with Crippen LogP contribution in [0.15, 0.2) is 24.3 Å². The lowest BCUT2D eigenvalue weighted by Crippen LogP contribution is -2.11. The van der Waals surface area contributed by atoms with Gasteiger partial charge in [0.05, 0.1) is 12.2 Å². The van der Waals surface area contributed by atoms with Gasteiger partial charge < -0.3 is 4.74 Å². The van der Waals surface area contributed by atoms with Crippen molar-refractivity contribution in [2.24, 2.45) is 5.92 Å². The van der Waals surface area contributed by atoms with Crippen LogP contribution in [0.5, 0.6) is 5.75 Å². The van der Waals surface area contributed by atoms with Crippen LogP contribution >= 0.6 is 0 Å². The molecule has 0 saturated heterocycles. The third-order valence-corrected chi connectivity index (χ3v) is 3.06. The van der Waals surface area contributed by atoms with Gasteiger partial charge in [-0.2, -0.15) is 0 Å². The summed E-state index contributed by atoms with van der Waals surface area (Å²) in [5, 5.41) is 0. The third-order valence-electron chi connectivity index (χ3n) is 3.06. The number of unbranched alkanes of at least 4 members (excludes halogenated alkanes) is 1. The standard InChI is InChI=1S/C16H22O/c1-4-7-10-14(5-2)13-17-16-12-9-8-11-15(16)6-3/h3,8-9,11-12,14H,4-5,7,10,13H2,1-2H3. The second-order valence-electron chi connectivity index (χ2n) is 4.37. The molecular weight excluding hydrogens is 208 g/mol. The Bertz CT molecular complexity index is 362. The molecule has 1 aromatic rings. The maximum Gasteiger partial charge on any atom is 0.134 e. The fraction of sp³-hybridized carbons (Fsp3) is 0.500. The average Bonchev–Trinajstić information content (AvgIpc) is 2.39. The first kappa shape index (κ1) is 13.6. The van der Waals surface area contributed by atoms with Gasteiger partial charge in [0.25, 0.3) is 0 Å². The van der Waals surface area contributed by atoms with Crippen LogP contribution < -0.4 is 4.74 Å². The maximum atomic E-state index is 5.84. The van der Waals surface area contributed by atoms with Crippen molar-refractivity contribution in [3.8, 4) is 18.1 Å². The van der Waals surface area contributed by atoms with E-state index >= 15 is 0 Å². The van der Waals surface area contributed by atoms with E-state index in [2.05, 4.69) is 19.8 Å². The summed E-state index contributed by atoms with van der Waals surface area (Å²) >= 11 is 0. The molecule has 0 aliphatic rings. The largest absolute Gasteiger partial charge is 0.492 e. The summed E-state index contributed by atoms with van der Waals surface area (Å²) < 4.78 is 5.84. The molecule has 0 radical (unpaired) electrons. The molecule has 0 aromatic heterocycles. The summed E-state index contributed by atoms with van der Waals surface area (Å²) in [6.07, 6.45) is 10.4. The minimum Gasteiger partial charge on any atom is -0.492 e. The van der Waals surface area contributed by atoms with Gasteiger partial charge in [0, 0.05) is 0 Å². The van der Waals surface area contributed by atoms with Crippen LogP contribution in [0.4, 0.5) is 0 Å². The lowest BCUT2D eigenvalue weighted by atomic mass is 10.0. The van der Waals surface area contributed by atoms with E-state index in [1.54, 1.807) is 0 Å². The molecule has 0 aliphatic heterocycles. The molecule has 0 aliphatic carbocycles. The summed E-state index contributed by atoms with van der Waals surface area (Å²) in [5.74, 6) is 4.13. The van der Waals surface area contributed by atoms with Gasteiger partial charge in [-0.3, -0.25) is 0 Å². The SMILES string of the molecule is C#Cc1ccccc1OCC(CC)CCCC. The molecule has 92 valence electrons. The first-order valence-corrected chi connectivity index (χ1v) is 6.50. The third kappa shape index (κ3) is 4.53. The Labute approximate surface area is 105 Å². The Morgan fingerprint density at radius 2 is 2.06 bits per heavy atom. The zero-order valence-corrected chi connectivity index (χ0v) is 10.9. The first-order chi connectivity index (χ1) is 8.31. The number of benzene rings is 1. The van der Waals surface area contributed by atoms with Gasteiger partial charge >= 0.3 is 0 Å². The Morgan fingerprint density at radius 3 is 2.71 bits per heavy atom. The smallest absolute Gasteiger partial charge is 0.134 e. The highest BCUT2D eigenvalue weighted by atomic mass is 16.5. The highest BCUT2D eigenvalue weighted by Gasteiger charge is 2.08. The van der Waals surface area contributed by atoms with Crippen molar-refractivity contribution in [3.63, 3.8) is 0 Å². The van der Waals surface area contributed by atoms with Gasteiger partial charge in [0.1, 0.15) is 5.75 Å². The van der Waals surface area contributed by atoms with Crippen LogP contribution in [0.2, 0.25) is 0 Å². The number of rotatable bonds is 7. The van der Waals surface area contributed by atoms with Crippen molar-refractivity contribution in [3.05, 3.63) is 29.8 Å². The Morgan fingerprint density at radius 1 is 1.29 bits per heavy atom. The minimum absolute atomic E-state index is 0.640. The summed E-state index contributed by atoms with van der Waals surface area (Å²) in [6.45, 7) is 5.22. The van der Waals surface area contributed by atoms with E-state index in [0.29, 0.717) is 5.92 Å². The zero-order chi connectivity index (χ0) is 12.5. The molecule has 1 rings (SSSR count). The molecule has 0 amide bonds. The molecule has 1 atom stereocenters. The van der Waals surface area contributed by atoms with Crippen molar-refractivity contribution in [1.82, 2.24) is 0 Å². The number of ether oxygens (including phenoxy) is 1. The predicted molar refractivity (Wildman–Crippen MR) is 73.2 cm³/mol. The number of hydrogen-bond acceptors (Lipinski definition) is 1. The second-order valence-corrected chi connectivity index (χ2v) is 4.37. The number of para-hydroxylation sites is 1. The van der Waals surface area contributed by atoms with Gasteiger partial charge in [-0.1, -0.05) is 51.2 Å². The molecular formula is C16H22O. The minimum atomic E-state index is 0.640. The average molecular weight is 230 g/mol. The van der Waals surface area contributed by atoms with E-state index < -0.39 is 0 Å². The van der Waals surface area contributed by atoms with Crippen LogP contribution in [0.25, 0.3) is 0 Å². The van der Waals surface area contributed by atoms with E-state index in [9.17, 15) is 0 Å². The Hall–Kier alpha value is -1.42. The molecule has 0 N–H and O–H groups in total. The topological polar surface area (TPSA) is 9.23 Å². The molecule has 0 spiro atoms. The van der Waals surface area contributed by atoms with Crippen molar-refractivity contribution in [1.29, 1.82) is 0 Å². The quantitative estimate of drug-likeness (QED) is 0.636. The maximum absolute atomic E-state index is 5.84. The van der Waals surface area contributed by atoms with Crippen molar-refractivity contribution in [2.75, 3.05) is 6.61 Å². The fourth-order valence-electron chi connectivity index (χ4n) is 1.82. The summed E-state index contributed by atoms with van der Waals surface area (Å²) in [5.41, 5.74) is 0.845. The van der Waals surface area contributed by atoms with Crippen molar-refractivity contribution >= 4 is 0 Å². The molecule has 17 heavy (non-hydrogen) atoms. The van der Waals surface area contributed by atoms with Crippen molar-refractivity contribution in [2.45, 2.75) is 39.5 Å². The van der Waals surface area contributed by atoms with Crippen LogP contribution in [-0.2, 0) is 0 Å². The van der Waals surface area contributed by atoms with Gasteiger partial charge in [-0.25, -0.2) is 0 Å². The van der Waals surface area contributed by atoms with Crippen molar-refractivity contribution < 1.29 is 4.74 Å². The molecule has 1 heteroatoms. The summed E-state index contributed by atoms with van der Waals surface area (Å²) in [7, 11) is 0. The van der Waals surface area contributed by atoms with Crippen LogP contribution in [-0.4, -0.2) is 6.61 Å². The molecule has 0 fully saturated rings. The number of terminal acetylenes is 1. The fourth-order valence-corrected chi connectivity index (χ4v) is 1.82. The first-order valence-electron chi connectivity index (χ1n) is 6.50. The highest BCUT2D eigenvalue weighted by Crippen LogP contribution is 2.19. The van der Waals surface area contributed by atoms with Crippen LogP contribution in [0, 0.1) is 18.3 Å². The zero-order valence-electron chi connectivity index (χ0n) is 10.9. The molecule has 1 nitrogen and oxygen atoms in total. The lowest BCUT2D eigenvalue weighted by Gasteiger charge is -2.16. The van der Waals surface area contributed by atoms with E-state index in [0.717, 1.165) is 24.3 Å². The van der Waals surface area contributed by atoms with E-state index in [1.165, 1.54) is 19.3 Å². The molecule has 1 aromatic carbocycles. The van der Waals surface area contributed by atoms with Crippen LogP contribution in [0.3, 0.4) is 0 Å². The molecule has 0 bridgehead atoms. The van der Waals surface area contributed by atoms with E-state index in [4.69, 9.17) is 11.2 Å². The number of hydrogen-bond donors (Lipinski definition) is 0. The van der Waals surface area contributed by atoms with E-state index in [1.807, 2.05) is 24.3 Å².